The molecule has 2 aromatic carbocycles. The minimum atomic E-state index is -2.13. The number of ether oxygens (including phenoxy) is 3. The van der Waals surface area contributed by atoms with E-state index in [1.165, 1.54) is 0 Å². The van der Waals surface area contributed by atoms with Gasteiger partial charge in [0, 0.05) is 13.7 Å². The molecule has 0 aliphatic rings. The van der Waals surface area contributed by atoms with Gasteiger partial charge in [0.2, 0.25) is 0 Å². The summed E-state index contributed by atoms with van der Waals surface area (Å²) in [6.07, 6.45) is -0.308. The molecule has 216 valence electrons. The van der Waals surface area contributed by atoms with E-state index in [2.05, 4.69) is 33.9 Å². The van der Waals surface area contributed by atoms with E-state index < -0.39 is 26.1 Å². The van der Waals surface area contributed by atoms with Gasteiger partial charge in [0.15, 0.2) is 8.32 Å². The zero-order valence-corrected chi connectivity index (χ0v) is 26.2. The normalized spacial score (nSPS) is 13.1. The number of hydrogen-bond acceptors (Lipinski definition) is 6. The smallest absolute Gasteiger partial charge is 0.410 e. The summed E-state index contributed by atoms with van der Waals surface area (Å²) in [6.45, 7) is 17.7. The van der Waals surface area contributed by atoms with Crippen molar-refractivity contribution in [3.8, 4) is 0 Å². The van der Waals surface area contributed by atoms with Crippen LogP contribution in [-0.2, 0) is 36.5 Å². The molecule has 7 nitrogen and oxygen atoms in total. The van der Waals surface area contributed by atoms with Gasteiger partial charge in [-0.2, -0.15) is 0 Å². The topological polar surface area (TPSA) is 74.3 Å². The molecule has 0 aromatic heterocycles. The summed E-state index contributed by atoms with van der Waals surface area (Å²) < 4.78 is 23.2. The van der Waals surface area contributed by atoms with Crippen LogP contribution in [0.4, 0.5) is 4.79 Å². The molecule has 0 aliphatic heterocycles. The van der Waals surface area contributed by atoms with E-state index in [-0.39, 0.29) is 24.0 Å². The Hall–Kier alpha value is -2.68. The van der Waals surface area contributed by atoms with Crippen LogP contribution in [0, 0.1) is 0 Å². The average Bonchev–Trinajstić information content (AvgIpc) is 2.83. The summed E-state index contributed by atoms with van der Waals surface area (Å²) in [5.74, 6) is -0.312. The first-order chi connectivity index (χ1) is 18.1. The molecule has 8 heteroatoms. The maximum absolute atomic E-state index is 13.4. The Morgan fingerprint density at radius 2 is 1.56 bits per heavy atom. The van der Waals surface area contributed by atoms with Crippen molar-refractivity contribution >= 4 is 20.4 Å². The SMILES string of the molecule is COCCN(C(=O)OC(C)(C)C)C(CO[Si](C)(C)C(C)(C)C)c1cccc(CC(=O)OCc2ccccc2)c1. The lowest BCUT2D eigenvalue weighted by molar-refractivity contribution is -0.144. The Morgan fingerprint density at radius 3 is 2.15 bits per heavy atom. The van der Waals surface area contributed by atoms with Crippen LogP contribution in [0.1, 0.15) is 64.3 Å². The Balaban J connectivity index is 2.34. The third-order valence-corrected chi connectivity index (χ3v) is 11.4. The highest BCUT2D eigenvalue weighted by atomic mass is 28.4. The van der Waals surface area contributed by atoms with Crippen LogP contribution in [0.15, 0.2) is 54.6 Å². The fourth-order valence-electron chi connectivity index (χ4n) is 3.62. The third-order valence-electron chi connectivity index (χ3n) is 6.88. The van der Waals surface area contributed by atoms with Crippen LogP contribution in [0.3, 0.4) is 0 Å². The molecule has 1 unspecified atom stereocenters. The van der Waals surface area contributed by atoms with Crippen LogP contribution in [0.5, 0.6) is 0 Å². The number of carbonyl (C=O) groups is 2. The van der Waals surface area contributed by atoms with Gasteiger partial charge < -0.3 is 18.6 Å². The predicted octanol–water partition coefficient (Wildman–Crippen LogP) is 6.92. The van der Waals surface area contributed by atoms with Crippen LogP contribution < -0.4 is 0 Å². The molecule has 1 amide bonds. The van der Waals surface area contributed by atoms with Crippen molar-refractivity contribution in [2.45, 2.75) is 84.3 Å². The highest BCUT2D eigenvalue weighted by Crippen LogP contribution is 2.38. The summed E-state index contributed by atoms with van der Waals surface area (Å²) in [5.41, 5.74) is 1.95. The van der Waals surface area contributed by atoms with Gasteiger partial charge >= 0.3 is 12.1 Å². The summed E-state index contributed by atoms with van der Waals surface area (Å²) in [7, 11) is -0.519. The zero-order chi connectivity index (χ0) is 29.3. The molecule has 39 heavy (non-hydrogen) atoms. The molecule has 1 atom stereocenters. The van der Waals surface area contributed by atoms with Gasteiger partial charge in [-0.1, -0.05) is 75.4 Å². The molecular formula is C31H47NO6Si. The Kier molecular flexibility index (Phi) is 11.8. The molecule has 2 aromatic rings. The van der Waals surface area contributed by atoms with Crippen LogP contribution in [0.25, 0.3) is 0 Å². The number of benzene rings is 2. The number of amides is 1. The largest absolute Gasteiger partial charge is 0.461 e. The van der Waals surface area contributed by atoms with Gasteiger partial charge in [0.25, 0.3) is 0 Å². The molecule has 0 heterocycles. The second kappa shape index (κ2) is 14.1. The average molecular weight is 558 g/mol. The van der Waals surface area contributed by atoms with Gasteiger partial charge in [0.05, 0.1) is 25.7 Å². The first-order valence-corrected chi connectivity index (χ1v) is 16.4. The first-order valence-electron chi connectivity index (χ1n) is 13.5. The highest BCUT2D eigenvalue weighted by Gasteiger charge is 2.39. The second-order valence-electron chi connectivity index (χ2n) is 12.3. The van der Waals surface area contributed by atoms with Gasteiger partial charge in [-0.05, 0) is 55.6 Å². The van der Waals surface area contributed by atoms with Crippen molar-refractivity contribution in [1.82, 2.24) is 4.90 Å². The van der Waals surface area contributed by atoms with E-state index in [0.717, 1.165) is 16.7 Å². The Bertz CT molecular complexity index is 1060. The van der Waals surface area contributed by atoms with Crippen LogP contribution >= 0.6 is 0 Å². The van der Waals surface area contributed by atoms with Crippen molar-refractivity contribution in [2.75, 3.05) is 26.9 Å². The molecule has 0 spiro atoms. The molecule has 2 rings (SSSR count). The van der Waals surface area contributed by atoms with E-state index in [9.17, 15) is 9.59 Å². The molecule has 0 fully saturated rings. The van der Waals surface area contributed by atoms with E-state index in [1.807, 2.05) is 75.4 Å². The molecule has 0 saturated heterocycles. The lowest BCUT2D eigenvalue weighted by atomic mass is 10.0. The van der Waals surface area contributed by atoms with E-state index >= 15 is 0 Å². The lowest BCUT2D eigenvalue weighted by Gasteiger charge is -2.40. The molecule has 0 N–H and O–H groups in total. The molecule has 0 bridgehead atoms. The summed E-state index contributed by atoms with van der Waals surface area (Å²) in [5, 5.41) is 0.00515. The fraction of sp³-hybridized carbons (Fsp3) is 0.548. The predicted molar refractivity (Wildman–Crippen MR) is 157 cm³/mol. The van der Waals surface area contributed by atoms with Gasteiger partial charge in [0.1, 0.15) is 12.2 Å². The van der Waals surface area contributed by atoms with Crippen molar-refractivity contribution in [2.24, 2.45) is 0 Å². The quantitative estimate of drug-likeness (QED) is 0.208. The van der Waals surface area contributed by atoms with Crippen molar-refractivity contribution in [3.63, 3.8) is 0 Å². The maximum atomic E-state index is 13.4. The second-order valence-corrected chi connectivity index (χ2v) is 17.1. The van der Waals surface area contributed by atoms with E-state index in [4.69, 9.17) is 18.6 Å². The van der Waals surface area contributed by atoms with E-state index in [0.29, 0.717) is 19.8 Å². The fourth-order valence-corrected chi connectivity index (χ4v) is 4.63. The highest BCUT2D eigenvalue weighted by molar-refractivity contribution is 6.74. The summed E-state index contributed by atoms with van der Waals surface area (Å²) in [4.78, 5) is 27.7. The van der Waals surface area contributed by atoms with E-state index in [1.54, 1.807) is 12.0 Å². The number of methoxy groups -OCH3 is 1. The minimum Gasteiger partial charge on any atom is -0.461 e. The van der Waals surface area contributed by atoms with Gasteiger partial charge in [-0.25, -0.2) is 4.79 Å². The summed E-state index contributed by atoms with van der Waals surface area (Å²) >= 11 is 0. The zero-order valence-electron chi connectivity index (χ0n) is 25.2. The number of carbonyl (C=O) groups excluding carboxylic acids is 2. The van der Waals surface area contributed by atoms with Gasteiger partial charge in [-0.3, -0.25) is 9.69 Å². The Labute approximate surface area is 235 Å². The monoisotopic (exact) mass is 557 g/mol. The van der Waals surface area contributed by atoms with Gasteiger partial charge in [-0.15, -0.1) is 0 Å². The summed E-state index contributed by atoms with van der Waals surface area (Å²) in [6, 6.07) is 16.9. The molecule has 0 radical (unpaired) electrons. The Morgan fingerprint density at radius 1 is 0.923 bits per heavy atom. The van der Waals surface area contributed by atoms with Crippen LogP contribution in [0.2, 0.25) is 18.1 Å². The number of nitrogens with zero attached hydrogens (tertiary/aromatic N) is 1. The standard InChI is InChI=1S/C31H47NO6Si/c1-30(2,3)38-29(34)32(18-19-35-7)27(23-37-39(8,9)31(4,5)6)26-17-13-16-25(20-26)21-28(33)36-22-24-14-11-10-12-15-24/h10-17,20,27H,18-19,21-23H2,1-9H3. The van der Waals surface area contributed by atoms with Crippen molar-refractivity contribution in [3.05, 3.63) is 71.3 Å². The number of hydrogen-bond donors (Lipinski definition) is 0. The molecule has 0 saturated carbocycles. The maximum Gasteiger partial charge on any atom is 0.410 e. The lowest BCUT2D eigenvalue weighted by Crippen LogP contribution is -2.46. The number of rotatable bonds is 12. The molecular weight excluding hydrogens is 510 g/mol. The van der Waals surface area contributed by atoms with Crippen LogP contribution in [-0.4, -0.2) is 57.7 Å². The first kappa shape index (κ1) is 32.5. The third kappa shape index (κ3) is 10.8. The van der Waals surface area contributed by atoms with Crippen molar-refractivity contribution in [1.29, 1.82) is 0 Å². The number of esters is 1. The van der Waals surface area contributed by atoms with Crippen molar-refractivity contribution < 1.29 is 28.2 Å². The minimum absolute atomic E-state index is 0.00515. The molecule has 0 aliphatic carbocycles.